The van der Waals surface area contributed by atoms with E-state index in [0.29, 0.717) is 0 Å². The number of hydrogen-bond donors (Lipinski definition) is 0. The smallest absolute Gasteiger partial charge is 0.254 e. The summed E-state index contributed by atoms with van der Waals surface area (Å²) >= 11 is 0. The van der Waals surface area contributed by atoms with Crippen molar-refractivity contribution in [1.82, 2.24) is 5.06 Å². The molecule has 0 unspecified atom stereocenters. The summed E-state index contributed by atoms with van der Waals surface area (Å²) < 4.78 is 0. The minimum absolute atomic E-state index is 0.217. The molecule has 1 fully saturated rings. The minimum atomic E-state index is -0.474. The van der Waals surface area contributed by atoms with Crippen LogP contribution in [0, 0.1) is 0 Å². The average Bonchev–Trinajstić information content (AvgIpc) is 2.85. The van der Waals surface area contributed by atoms with Crippen LogP contribution in [-0.2, 0) is 14.4 Å². The molecule has 3 rings (SSSR count). The molecule has 0 atom stereocenters. The lowest BCUT2D eigenvalue weighted by atomic mass is 10.0. The van der Waals surface area contributed by atoms with Crippen LogP contribution in [-0.4, -0.2) is 16.9 Å². The van der Waals surface area contributed by atoms with Gasteiger partial charge in [0, 0.05) is 12.8 Å². The molecule has 2 aromatic carbocycles. The van der Waals surface area contributed by atoms with E-state index in [-0.39, 0.29) is 24.7 Å². The first-order valence-electron chi connectivity index (χ1n) is 6.88. The number of rotatable bonds is 4. The lowest BCUT2D eigenvalue weighted by Gasteiger charge is -2.23. The monoisotopic (exact) mass is 281 g/mol. The van der Waals surface area contributed by atoms with Crippen LogP contribution in [0.3, 0.4) is 0 Å². The van der Waals surface area contributed by atoms with Gasteiger partial charge in [-0.2, -0.15) is 5.06 Å². The Morgan fingerprint density at radius 1 is 0.762 bits per heavy atom. The number of carbonyl (C=O) groups is 2. The zero-order valence-electron chi connectivity index (χ0n) is 11.4. The molecule has 0 spiro atoms. The SMILES string of the molecule is O=C1CCC(=O)N1OC(c1ccccc1)c1ccccc1. The van der Waals surface area contributed by atoms with Gasteiger partial charge >= 0.3 is 0 Å². The number of carbonyl (C=O) groups excluding carboxylic acids is 2. The third-order valence-electron chi connectivity index (χ3n) is 3.42. The van der Waals surface area contributed by atoms with Crippen LogP contribution in [0.4, 0.5) is 0 Å². The van der Waals surface area contributed by atoms with Gasteiger partial charge in [-0.1, -0.05) is 60.7 Å². The van der Waals surface area contributed by atoms with Crippen LogP contribution in [0.5, 0.6) is 0 Å². The zero-order chi connectivity index (χ0) is 14.7. The van der Waals surface area contributed by atoms with Gasteiger partial charge in [0.15, 0.2) is 0 Å². The molecule has 0 aromatic heterocycles. The Hall–Kier alpha value is -2.46. The fourth-order valence-electron chi connectivity index (χ4n) is 2.35. The largest absolute Gasteiger partial charge is 0.272 e. The maximum atomic E-state index is 11.8. The highest BCUT2D eigenvalue weighted by molar-refractivity contribution is 6.00. The molecule has 0 aliphatic carbocycles. The summed E-state index contributed by atoms with van der Waals surface area (Å²) in [5.74, 6) is -0.561. The fraction of sp³-hybridized carbons (Fsp3) is 0.176. The molecule has 0 N–H and O–H groups in total. The molecule has 0 bridgehead atoms. The fourth-order valence-corrected chi connectivity index (χ4v) is 2.35. The van der Waals surface area contributed by atoms with Crippen LogP contribution in [0.1, 0.15) is 30.1 Å². The van der Waals surface area contributed by atoms with E-state index in [1.54, 1.807) is 0 Å². The van der Waals surface area contributed by atoms with E-state index in [4.69, 9.17) is 4.84 Å². The number of imide groups is 1. The normalized spacial score (nSPS) is 15.0. The second kappa shape index (κ2) is 5.89. The van der Waals surface area contributed by atoms with E-state index < -0.39 is 6.10 Å². The summed E-state index contributed by atoms with van der Waals surface area (Å²) in [7, 11) is 0. The first-order chi connectivity index (χ1) is 10.3. The number of nitrogens with zero attached hydrogens (tertiary/aromatic N) is 1. The van der Waals surface area contributed by atoms with Gasteiger partial charge in [-0.3, -0.25) is 14.4 Å². The minimum Gasteiger partial charge on any atom is -0.272 e. The first kappa shape index (κ1) is 13.5. The van der Waals surface area contributed by atoms with Crippen molar-refractivity contribution >= 4 is 11.8 Å². The maximum absolute atomic E-state index is 11.8. The van der Waals surface area contributed by atoms with E-state index in [2.05, 4.69) is 0 Å². The Balaban J connectivity index is 1.93. The summed E-state index contributed by atoms with van der Waals surface area (Å²) in [5.41, 5.74) is 1.80. The highest BCUT2D eigenvalue weighted by Crippen LogP contribution is 2.28. The van der Waals surface area contributed by atoms with Gasteiger partial charge in [0.2, 0.25) is 0 Å². The second-order valence-electron chi connectivity index (χ2n) is 4.89. The van der Waals surface area contributed by atoms with E-state index >= 15 is 0 Å². The van der Waals surface area contributed by atoms with Crippen molar-refractivity contribution in [1.29, 1.82) is 0 Å². The van der Waals surface area contributed by atoms with Gasteiger partial charge in [0.05, 0.1) is 0 Å². The van der Waals surface area contributed by atoms with E-state index in [1.165, 1.54) is 0 Å². The first-order valence-corrected chi connectivity index (χ1v) is 6.88. The van der Waals surface area contributed by atoms with Crippen molar-refractivity contribution in [3.05, 3.63) is 71.8 Å². The van der Waals surface area contributed by atoms with Gasteiger partial charge in [0.1, 0.15) is 6.10 Å². The molecule has 21 heavy (non-hydrogen) atoms. The Morgan fingerprint density at radius 2 is 1.19 bits per heavy atom. The third-order valence-corrected chi connectivity index (χ3v) is 3.42. The number of hydrogen-bond acceptors (Lipinski definition) is 3. The van der Waals surface area contributed by atoms with E-state index in [9.17, 15) is 9.59 Å². The van der Waals surface area contributed by atoms with Crippen molar-refractivity contribution in [3.8, 4) is 0 Å². The molecule has 2 aromatic rings. The van der Waals surface area contributed by atoms with Crippen molar-refractivity contribution in [2.24, 2.45) is 0 Å². The zero-order valence-corrected chi connectivity index (χ0v) is 11.4. The van der Waals surface area contributed by atoms with Crippen molar-refractivity contribution in [2.45, 2.75) is 18.9 Å². The molecule has 0 radical (unpaired) electrons. The molecule has 4 heteroatoms. The predicted octanol–water partition coefficient (Wildman–Crippen LogP) is 2.86. The molecule has 1 aliphatic heterocycles. The second-order valence-corrected chi connectivity index (χ2v) is 4.89. The van der Waals surface area contributed by atoms with Gasteiger partial charge in [-0.15, -0.1) is 0 Å². The van der Waals surface area contributed by atoms with Crippen molar-refractivity contribution in [2.75, 3.05) is 0 Å². The average molecular weight is 281 g/mol. The van der Waals surface area contributed by atoms with E-state index in [0.717, 1.165) is 16.2 Å². The molecule has 1 aliphatic rings. The molecule has 106 valence electrons. The topological polar surface area (TPSA) is 46.6 Å². The van der Waals surface area contributed by atoms with Gasteiger partial charge in [-0.05, 0) is 11.1 Å². The highest BCUT2D eigenvalue weighted by Gasteiger charge is 2.33. The van der Waals surface area contributed by atoms with Crippen molar-refractivity contribution in [3.63, 3.8) is 0 Å². The molecular formula is C17H15NO3. The molecule has 2 amide bonds. The van der Waals surface area contributed by atoms with Crippen LogP contribution in [0.25, 0.3) is 0 Å². The third kappa shape index (κ3) is 2.85. The molecule has 4 nitrogen and oxygen atoms in total. The molecule has 1 heterocycles. The molecule has 1 saturated heterocycles. The predicted molar refractivity (Wildman–Crippen MR) is 76.9 cm³/mol. The van der Waals surface area contributed by atoms with Crippen LogP contribution < -0.4 is 0 Å². The number of amides is 2. The molecule has 0 saturated carbocycles. The Labute approximate surface area is 122 Å². The maximum Gasteiger partial charge on any atom is 0.254 e. The van der Waals surface area contributed by atoms with Gasteiger partial charge in [-0.25, -0.2) is 0 Å². The quantitative estimate of drug-likeness (QED) is 0.810. The van der Waals surface area contributed by atoms with E-state index in [1.807, 2.05) is 60.7 Å². The highest BCUT2D eigenvalue weighted by atomic mass is 16.7. The van der Waals surface area contributed by atoms with Crippen LogP contribution >= 0.6 is 0 Å². The summed E-state index contributed by atoms with van der Waals surface area (Å²) in [4.78, 5) is 29.3. The number of benzene rings is 2. The van der Waals surface area contributed by atoms with Crippen LogP contribution in [0.15, 0.2) is 60.7 Å². The van der Waals surface area contributed by atoms with Gasteiger partial charge < -0.3 is 0 Å². The van der Waals surface area contributed by atoms with Crippen LogP contribution in [0.2, 0.25) is 0 Å². The Kier molecular flexibility index (Phi) is 3.79. The lowest BCUT2D eigenvalue weighted by molar-refractivity contribution is -0.198. The Bertz CT molecular complexity index is 584. The summed E-state index contributed by atoms with van der Waals surface area (Å²) in [5, 5.41) is 0.907. The summed E-state index contributed by atoms with van der Waals surface area (Å²) in [6.07, 6.45) is -0.0389. The molecular weight excluding hydrogens is 266 g/mol. The summed E-state index contributed by atoms with van der Waals surface area (Å²) in [6, 6.07) is 19.1. The lowest BCUT2D eigenvalue weighted by Crippen LogP contribution is -2.31. The number of hydroxylamine groups is 2. The standard InChI is InChI=1S/C17H15NO3/c19-15-11-12-16(20)18(15)21-17(13-7-3-1-4-8-13)14-9-5-2-6-10-14/h1-10,17H,11-12H2. The van der Waals surface area contributed by atoms with Crippen molar-refractivity contribution < 1.29 is 14.4 Å². The summed E-state index contributed by atoms with van der Waals surface area (Å²) in [6.45, 7) is 0. The van der Waals surface area contributed by atoms with Gasteiger partial charge in [0.25, 0.3) is 11.8 Å². The Morgan fingerprint density at radius 3 is 1.62 bits per heavy atom.